The smallest absolute Gasteiger partial charge is 0.270 e. The summed E-state index contributed by atoms with van der Waals surface area (Å²) in [5.41, 5.74) is 0.541. The van der Waals surface area contributed by atoms with Gasteiger partial charge in [-0.25, -0.2) is 0 Å². The molecule has 2 rings (SSSR count). The fourth-order valence-corrected chi connectivity index (χ4v) is 2.56. The second-order valence-electron chi connectivity index (χ2n) is 3.96. The molecule has 0 atom stereocenters. The Bertz CT molecular complexity index is 486. The van der Waals surface area contributed by atoms with Gasteiger partial charge in [0.2, 0.25) is 0 Å². The number of piperazine rings is 1. The van der Waals surface area contributed by atoms with E-state index in [2.05, 4.69) is 5.32 Å². The first-order chi connectivity index (χ1) is 8.59. The number of amides is 1. The summed E-state index contributed by atoms with van der Waals surface area (Å²) >= 11 is 1.96. The zero-order valence-electron chi connectivity index (χ0n) is 9.56. The molecule has 0 spiro atoms. The molecule has 7 heteroatoms. The Balaban J connectivity index is 2.22. The lowest BCUT2D eigenvalue weighted by Crippen LogP contribution is -2.46. The number of nitrogens with zero attached hydrogens (tertiary/aromatic N) is 2. The molecule has 1 aliphatic heterocycles. The lowest BCUT2D eigenvalue weighted by Gasteiger charge is -2.27. The van der Waals surface area contributed by atoms with Crippen LogP contribution in [-0.4, -0.2) is 41.9 Å². The first-order valence-corrected chi connectivity index (χ1v) is 6.61. The van der Waals surface area contributed by atoms with E-state index in [9.17, 15) is 14.9 Å². The van der Waals surface area contributed by atoms with Gasteiger partial charge in [-0.2, -0.15) is 0 Å². The van der Waals surface area contributed by atoms with Gasteiger partial charge in [0.1, 0.15) is 0 Å². The van der Waals surface area contributed by atoms with E-state index in [0.29, 0.717) is 22.2 Å². The molecule has 1 saturated heterocycles. The van der Waals surface area contributed by atoms with Crippen LogP contribution < -0.4 is 5.32 Å². The van der Waals surface area contributed by atoms with Gasteiger partial charge in [-0.1, -0.05) is 0 Å². The van der Waals surface area contributed by atoms with E-state index in [1.165, 1.54) is 18.2 Å². The highest BCUT2D eigenvalue weighted by Crippen LogP contribution is 2.21. The second kappa shape index (κ2) is 5.61. The molecule has 6 nitrogen and oxygen atoms in total. The van der Waals surface area contributed by atoms with Crippen molar-refractivity contribution in [1.29, 1.82) is 0 Å². The van der Waals surface area contributed by atoms with Gasteiger partial charge in [-0.15, -0.1) is 0 Å². The van der Waals surface area contributed by atoms with Crippen LogP contribution in [0.25, 0.3) is 0 Å². The number of hydrogen-bond donors (Lipinski definition) is 1. The molecule has 0 aromatic heterocycles. The molecular weight excluding hydrogens is 349 g/mol. The fourth-order valence-electron chi connectivity index (χ4n) is 1.83. The molecule has 1 aliphatic rings. The monoisotopic (exact) mass is 361 g/mol. The van der Waals surface area contributed by atoms with E-state index < -0.39 is 4.92 Å². The number of carbonyl (C=O) groups is 1. The number of nitrogens with one attached hydrogen (secondary N) is 1. The Morgan fingerprint density at radius 1 is 1.39 bits per heavy atom. The second-order valence-corrected chi connectivity index (χ2v) is 5.13. The van der Waals surface area contributed by atoms with Crippen molar-refractivity contribution in [3.05, 3.63) is 37.4 Å². The van der Waals surface area contributed by atoms with Gasteiger partial charge in [0.05, 0.1) is 10.5 Å². The molecule has 1 amide bonds. The number of carbonyl (C=O) groups excluding carboxylic acids is 1. The van der Waals surface area contributed by atoms with Gasteiger partial charge in [0.25, 0.3) is 11.6 Å². The number of nitro benzene ring substituents is 1. The standard InChI is InChI=1S/C11H12IN3O3/c12-10-7-8(15(17)18)1-2-9(10)11(16)14-5-3-13-4-6-14/h1-2,7,13H,3-6H2. The summed E-state index contributed by atoms with van der Waals surface area (Å²) in [5.74, 6) is -0.0594. The molecule has 0 unspecified atom stereocenters. The van der Waals surface area contributed by atoms with Crippen LogP contribution in [0.3, 0.4) is 0 Å². The fraction of sp³-hybridized carbons (Fsp3) is 0.364. The number of non-ortho nitro benzene ring substituents is 1. The van der Waals surface area contributed by atoms with Gasteiger partial charge >= 0.3 is 0 Å². The molecule has 0 saturated carbocycles. The average Bonchev–Trinajstić information content (AvgIpc) is 2.38. The lowest BCUT2D eigenvalue weighted by atomic mass is 10.1. The molecule has 1 aromatic rings. The van der Waals surface area contributed by atoms with Crippen LogP contribution in [0.1, 0.15) is 10.4 Å². The summed E-state index contributed by atoms with van der Waals surface area (Å²) in [6.07, 6.45) is 0. The highest BCUT2D eigenvalue weighted by Gasteiger charge is 2.21. The Kier molecular flexibility index (Phi) is 4.12. The lowest BCUT2D eigenvalue weighted by molar-refractivity contribution is -0.384. The van der Waals surface area contributed by atoms with Crippen molar-refractivity contribution >= 4 is 34.2 Å². The first kappa shape index (κ1) is 13.2. The van der Waals surface area contributed by atoms with Gasteiger partial charge in [0, 0.05) is 41.9 Å². The maximum atomic E-state index is 12.2. The minimum Gasteiger partial charge on any atom is -0.336 e. The Hall–Kier alpha value is -1.22. The van der Waals surface area contributed by atoms with Crippen molar-refractivity contribution < 1.29 is 9.72 Å². The minimum atomic E-state index is -0.457. The number of hydrogen-bond acceptors (Lipinski definition) is 4. The third-order valence-electron chi connectivity index (χ3n) is 2.80. The molecule has 1 fully saturated rings. The molecule has 0 aliphatic carbocycles. The third-order valence-corrected chi connectivity index (χ3v) is 3.69. The molecule has 1 heterocycles. The van der Waals surface area contributed by atoms with Crippen LogP contribution in [0.2, 0.25) is 0 Å². The summed E-state index contributed by atoms with van der Waals surface area (Å²) in [6.45, 7) is 2.92. The molecular formula is C11H12IN3O3. The van der Waals surface area contributed by atoms with Gasteiger partial charge in [-0.3, -0.25) is 14.9 Å². The summed E-state index contributed by atoms with van der Waals surface area (Å²) in [7, 11) is 0. The van der Waals surface area contributed by atoms with Crippen LogP contribution in [0.4, 0.5) is 5.69 Å². The highest BCUT2D eigenvalue weighted by molar-refractivity contribution is 14.1. The first-order valence-electron chi connectivity index (χ1n) is 5.53. The van der Waals surface area contributed by atoms with Gasteiger partial charge in [0.15, 0.2) is 0 Å². The minimum absolute atomic E-state index is 0.0104. The van der Waals surface area contributed by atoms with Crippen molar-refractivity contribution in [2.45, 2.75) is 0 Å². The maximum Gasteiger partial charge on any atom is 0.270 e. The zero-order chi connectivity index (χ0) is 13.1. The van der Waals surface area contributed by atoms with Crippen LogP contribution in [0.5, 0.6) is 0 Å². The van der Waals surface area contributed by atoms with E-state index in [4.69, 9.17) is 0 Å². The predicted molar refractivity (Wildman–Crippen MR) is 74.6 cm³/mol. The number of halogens is 1. The summed E-state index contributed by atoms with van der Waals surface area (Å²) in [6, 6.07) is 4.33. The molecule has 96 valence electrons. The molecule has 1 N–H and O–H groups in total. The summed E-state index contributed by atoms with van der Waals surface area (Å²) in [5, 5.41) is 13.8. The quantitative estimate of drug-likeness (QED) is 0.489. The van der Waals surface area contributed by atoms with E-state index >= 15 is 0 Å². The Morgan fingerprint density at radius 2 is 2.06 bits per heavy atom. The van der Waals surface area contributed by atoms with Crippen LogP contribution in [-0.2, 0) is 0 Å². The van der Waals surface area contributed by atoms with Crippen LogP contribution in [0, 0.1) is 13.7 Å². The Labute approximate surface area is 118 Å². The van der Waals surface area contributed by atoms with E-state index in [1.54, 1.807) is 4.90 Å². The van der Waals surface area contributed by atoms with E-state index in [-0.39, 0.29) is 11.6 Å². The molecule has 0 radical (unpaired) electrons. The zero-order valence-corrected chi connectivity index (χ0v) is 11.7. The van der Waals surface area contributed by atoms with Crippen molar-refractivity contribution in [1.82, 2.24) is 10.2 Å². The third kappa shape index (κ3) is 2.78. The highest BCUT2D eigenvalue weighted by atomic mass is 127. The van der Waals surface area contributed by atoms with Gasteiger partial charge in [-0.05, 0) is 28.7 Å². The Morgan fingerprint density at radius 3 is 2.61 bits per heavy atom. The topological polar surface area (TPSA) is 75.5 Å². The summed E-state index contributed by atoms with van der Waals surface area (Å²) in [4.78, 5) is 24.2. The average molecular weight is 361 g/mol. The van der Waals surface area contributed by atoms with Gasteiger partial charge < -0.3 is 10.2 Å². The summed E-state index contributed by atoms with van der Waals surface area (Å²) < 4.78 is 0.616. The number of benzene rings is 1. The normalized spacial score (nSPS) is 15.5. The SMILES string of the molecule is O=C(c1ccc([N+](=O)[O-])cc1I)N1CCNCC1. The van der Waals surface area contributed by atoms with Crippen LogP contribution in [0.15, 0.2) is 18.2 Å². The number of nitro groups is 1. The van der Waals surface area contributed by atoms with Crippen molar-refractivity contribution in [2.75, 3.05) is 26.2 Å². The molecule has 18 heavy (non-hydrogen) atoms. The van der Waals surface area contributed by atoms with Crippen molar-refractivity contribution in [2.24, 2.45) is 0 Å². The predicted octanol–water partition coefficient (Wildman–Crippen LogP) is 1.24. The molecule has 0 bridgehead atoms. The van der Waals surface area contributed by atoms with Crippen LogP contribution >= 0.6 is 22.6 Å². The maximum absolute atomic E-state index is 12.2. The van der Waals surface area contributed by atoms with Crippen molar-refractivity contribution in [3.63, 3.8) is 0 Å². The molecule has 1 aromatic carbocycles. The van der Waals surface area contributed by atoms with E-state index in [0.717, 1.165) is 13.1 Å². The van der Waals surface area contributed by atoms with E-state index in [1.807, 2.05) is 22.6 Å². The van der Waals surface area contributed by atoms with Crippen molar-refractivity contribution in [3.8, 4) is 0 Å². The largest absolute Gasteiger partial charge is 0.336 e. The number of rotatable bonds is 2.